The molecule has 0 aromatic heterocycles. The van der Waals surface area contributed by atoms with Gasteiger partial charge in [-0.3, -0.25) is 4.79 Å². The summed E-state index contributed by atoms with van der Waals surface area (Å²) in [6.07, 6.45) is 5.28. The summed E-state index contributed by atoms with van der Waals surface area (Å²) in [6.45, 7) is 3.58. The largest absolute Gasteiger partial charge is 0.802 e. The first kappa shape index (κ1) is 14.4. The second-order valence-electron chi connectivity index (χ2n) is 4.28. The van der Waals surface area contributed by atoms with Gasteiger partial charge in [-0.25, -0.2) is 4.40 Å². The molecule has 0 aromatic carbocycles. The zero-order chi connectivity index (χ0) is 14.2. The van der Waals surface area contributed by atoms with E-state index < -0.39 is 0 Å². The Morgan fingerprint density at radius 3 is 2.74 bits per heavy atom. The van der Waals surface area contributed by atoms with Gasteiger partial charge in [-0.1, -0.05) is 41.7 Å². The van der Waals surface area contributed by atoms with E-state index >= 15 is 0 Å². The molecule has 0 amide bonds. The SMILES string of the molecule is CC1=CC=C(/C=C2\SC(=S)[C@@H](C)C2=O)C(=NS)C1=[N-]. The number of nitrogens with zero attached hydrogens (tertiary/aromatic N) is 2. The smallest absolute Gasteiger partial charge is 0.178 e. The van der Waals surface area contributed by atoms with Crippen molar-refractivity contribution in [2.75, 3.05) is 0 Å². The molecular weight excluding hydrogens is 296 g/mol. The highest BCUT2D eigenvalue weighted by molar-refractivity contribution is 8.27. The average Bonchev–Trinajstić information content (AvgIpc) is 2.62. The first-order valence-electron chi connectivity index (χ1n) is 5.61. The molecule has 0 unspecified atom stereocenters. The monoisotopic (exact) mass is 307 g/mol. The molecule has 2 aliphatic rings. The molecule has 0 aromatic rings. The minimum Gasteiger partial charge on any atom is -0.802 e. The van der Waals surface area contributed by atoms with Crippen LogP contribution >= 0.6 is 36.8 Å². The molecule has 1 heterocycles. The molecule has 1 saturated heterocycles. The maximum absolute atomic E-state index is 12.0. The van der Waals surface area contributed by atoms with E-state index in [1.807, 2.05) is 0 Å². The Labute approximate surface area is 127 Å². The number of carbonyl (C=O) groups is 1. The summed E-state index contributed by atoms with van der Waals surface area (Å²) >= 11 is 10.3. The van der Waals surface area contributed by atoms with E-state index in [-0.39, 0.29) is 17.4 Å². The Bertz CT molecular complexity index is 611. The Hall–Kier alpha value is -0.980. The van der Waals surface area contributed by atoms with Gasteiger partial charge in [0.15, 0.2) is 5.78 Å². The number of thioether (sulfide) groups is 1. The lowest BCUT2D eigenvalue weighted by molar-refractivity contribution is -0.116. The summed E-state index contributed by atoms with van der Waals surface area (Å²) in [7, 11) is 0. The molecule has 98 valence electrons. The second kappa shape index (κ2) is 5.56. The fraction of sp³-hybridized carbons (Fsp3) is 0.231. The van der Waals surface area contributed by atoms with Crippen LogP contribution < -0.4 is 0 Å². The lowest BCUT2D eigenvalue weighted by atomic mass is 9.94. The fourth-order valence-electron chi connectivity index (χ4n) is 1.73. The maximum atomic E-state index is 12.0. The van der Waals surface area contributed by atoms with Crippen LogP contribution in [0.5, 0.6) is 0 Å². The van der Waals surface area contributed by atoms with Crippen LogP contribution in [0.2, 0.25) is 0 Å². The van der Waals surface area contributed by atoms with Gasteiger partial charge in [0.1, 0.15) is 0 Å². The predicted molar refractivity (Wildman–Crippen MR) is 89.1 cm³/mol. The van der Waals surface area contributed by atoms with Crippen LogP contribution in [0.4, 0.5) is 0 Å². The van der Waals surface area contributed by atoms with Crippen molar-refractivity contribution in [3.63, 3.8) is 0 Å². The van der Waals surface area contributed by atoms with E-state index in [1.54, 1.807) is 32.1 Å². The van der Waals surface area contributed by atoms with E-state index in [9.17, 15) is 10.2 Å². The number of thiol groups is 1. The van der Waals surface area contributed by atoms with Crippen molar-refractivity contribution in [3.05, 3.63) is 39.7 Å². The van der Waals surface area contributed by atoms with E-state index in [2.05, 4.69) is 17.2 Å². The van der Waals surface area contributed by atoms with Gasteiger partial charge >= 0.3 is 0 Å². The normalized spacial score (nSPS) is 28.2. The molecule has 3 nitrogen and oxygen atoms in total. The van der Waals surface area contributed by atoms with Crippen LogP contribution in [0.1, 0.15) is 13.8 Å². The third-order valence-corrected chi connectivity index (χ3v) is 4.87. The van der Waals surface area contributed by atoms with Crippen LogP contribution in [0.15, 0.2) is 38.7 Å². The number of allylic oxidation sites excluding steroid dienone is 6. The quantitative estimate of drug-likeness (QED) is 0.350. The summed E-state index contributed by atoms with van der Waals surface area (Å²) in [5.41, 5.74) is 1.82. The van der Waals surface area contributed by atoms with E-state index in [4.69, 9.17) is 12.2 Å². The summed E-state index contributed by atoms with van der Waals surface area (Å²) in [5, 5.41) is 9.93. The molecule has 19 heavy (non-hydrogen) atoms. The van der Waals surface area contributed by atoms with Crippen LogP contribution in [0.3, 0.4) is 0 Å². The summed E-state index contributed by atoms with van der Waals surface area (Å²) < 4.78 is 4.46. The Balaban J connectivity index is 2.41. The highest BCUT2D eigenvalue weighted by Crippen LogP contribution is 2.35. The van der Waals surface area contributed by atoms with Crippen LogP contribution in [0, 0.1) is 5.92 Å². The van der Waals surface area contributed by atoms with Gasteiger partial charge in [0.2, 0.25) is 0 Å². The Kier molecular flexibility index (Phi) is 4.23. The third-order valence-electron chi connectivity index (χ3n) is 2.97. The lowest BCUT2D eigenvalue weighted by Crippen LogP contribution is -2.18. The van der Waals surface area contributed by atoms with Crippen molar-refractivity contribution in [2.45, 2.75) is 13.8 Å². The molecule has 1 atom stereocenters. The number of hydrogen-bond acceptors (Lipinski definition) is 5. The molecule has 0 N–H and O–H groups in total. The Morgan fingerprint density at radius 2 is 2.21 bits per heavy atom. The van der Waals surface area contributed by atoms with Crippen LogP contribution in [-0.2, 0) is 4.79 Å². The lowest BCUT2D eigenvalue weighted by Gasteiger charge is -2.20. The van der Waals surface area contributed by atoms with Crippen molar-refractivity contribution in [1.29, 1.82) is 0 Å². The van der Waals surface area contributed by atoms with Crippen molar-refractivity contribution >= 4 is 58.2 Å². The molecule has 1 aliphatic heterocycles. The van der Waals surface area contributed by atoms with E-state index in [0.717, 1.165) is 0 Å². The van der Waals surface area contributed by atoms with Gasteiger partial charge < -0.3 is 5.41 Å². The molecule has 2 rings (SSSR count). The van der Waals surface area contributed by atoms with Gasteiger partial charge in [0.05, 0.1) is 20.7 Å². The zero-order valence-electron chi connectivity index (χ0n) is 10.4. The first-order valence-corrected chi connectivity index (χ1v) is 7.23. The summed E-state index contributed by atoms with van der Waals surface area (Å²) in [4.78, 5) is 12.6. The van der Waals surface area contributed by atoms with E-state index in [1.165, 1.54) is 11.8 Å². The molecule has 1 aliphatic carbocycles. The molecule has 0 bridgehead atoms. The molecule has 6 heteroatoms. The molecular formula is C13H11N2OS3-. The highest BCUT2D eigenvalue weighted by atomic mass is 32.2. The number of carbonyl (C=O) groups excluding carboxylic acids is 1. The molecule has 0 spiro atoms. The molecule has 0 radical (unpaired) electrons. The second-order valence-corrected chi connectivity index (χ2v) is 6.27. The van der Waals surface area contributed by atoms with Crippen molar-refractivity contribution in [2.24, 2.45) is 10.3 Å². The predicted octanol–water partition coefficient (Wildman–Crippen LogP) is 3.33. The summed E-state index contributed by atoms with van der Waals surface area (Å²) in [6, 6.07) is 0. The van der Waals surface area contributed by atoms with Gasteiger partial charge in [0, 0.05) is 5.57 Å². The minimum atomic E-state index is -0.235. The van der Waals surface area contributed by atoms with E-state index in [0.29, 0.717) is 26.0 Å². The topological polar surface area (TPSA) is 51.7 Å². The zero-order valence-corrected chi connectivity index (χ0v) is 12.9. The average molecular weight is 307 g/mol. The number of rotatable bonds is 1. The Morgan fingerprint density at radius 1 is 1.53 bits per heavy atom. The standard InChI is InChI=1S/C13H11N2OS3/c1-6-3-4-8(11(15-18)10(6)14)5-9-12(16)7(2)13(17)19-9/h3-5,7,18H,1-2H3/q-1/b9-5-,15-11?/t7-/m0/s1. The van der Waals surface area contributed by atoms with Crippen LogP contribution in [-0.4, -0.2) is 21.4 Å². The number of ketones is 1. The van der Waals surface area contributed by atoms with Crippen molar-refractivity contribution in [3.8, 4) is 0 Å². The molecule has 0 saturated carbocycles. The van der Waals surface area contributed by atoms with Crippen LogP contribution in [0.25, 0.3) is 5.41 Å². The number of hydrogen-bond donors (Lipinski definition) is 1. The maximum Gasteiger partial charge on any atom is 0.178 e. The van der Waals surface area contributed by atoms with Gasteiger partial charge in [-0.05, 0) is 32.7 Å². The van der Waals surface area contributed by atoms with Gasteiger partial charge in [-0.2, -0.15) is 0 Å². The molecule has 1 fully saturated rings. The number of Topliss-reactive ketones (excluding diaryl/α,β-unsaturated/α-hetero) is 1. The third kappa shape index (κ3) is 2.66. The fourth-order valence-corrected chi connectivity index (χ4v) is 3.28. The van der Waals surface area contributed by atoms with Gasteiger partial charge in [0.25, 0.3) is 0 Å². The minimum absolute atomic E-state index is 0.0141. The van der Waals surface area contributed by atoms with Crippen molar-refractivity contribution in [1.82, 2.24) is 0 Å². The summed E-state index contributed by atoms with van der Waals surface area (Å²) in [5.74, 6) is -0.220. The van der Waals surface area contributed by atoms with Gasteiger partial charge in [-0.15, -0.1) is 5.71 Å². The highest BCUT2D eigenvalue weighted by Gasteiger charge is 2.31. The first-order chi connectivity index (χ1) is 8.95. The number of thiocarbonyl (C=S) groups is 1. The van der Waals surface area contributed by atoms with Crippen molar-refractivity contribution < 1.29 is 4.79 Å².